The number of rotatable bonds is 8. The van der Waals surface area contributed by atoms with Gasteiger partial charge in [-0.3, -0.25) is 14.3 Å². The minimum atomic E-state index is -0.530. The number of hydrogen-bond donors (Lipinski definition) is 1. The van der Waals surface area contributed by atoms with Gasteiger partial charge in [0.25, 0.3) is 0 Å². The van der Waals surface area contributed by atoms with Crippen LogP contribution in [0.4, 0.5) is 10.2 Å². The van der Waals surface area contributed by atoms with Gasteiger partial charge < -0.3 is 15.0 Å². The normalized spacial score (nSPS) is 13.7. The van der Waals surface area contributed by atoms with E-state index < -0.39 is 5.82 Å². The van der Waals surface area contributed by atoms with E-state index in [1.165, 1.54) is 6.07 Å². The number of benzene rings is 2. The molecule has 5 aromatic rings. The van der Waals surface area contributed by atoms with E-state index in [0.717, 1.165) is 35.1 Å². The molecule has 0 atom stereocenters. The molecule has 2 N–H and O–H groups in total. The molecule has 0 amide bonds. The predicted octanol–water partition coefficient (Wildman–Crippen LogP) is 5.86. The van der Waals surface area contributed by atoms with Crippen LogP contribution in [0.2, 0.25) is 0 Å². The van der Waals surface area contributed by atoms with Gasteiger partial charge >= 0.3 is 0 Å². The molecule has 4 heterocycles. The van der Waals surface area contributed by atoms with Gasteiger partial charge in [-0.05, 0) is 48.9 Å². The summed E-state index contributed by atoms with van der Waals surface area (Å²) in [5.41, 5.74) is 11.0. The molecule has 0 aliphatic carbocycles. The molecule has 44 heavy (non-hydrogen) atoms. The highest BCUT2D eigenvalue weighted by Gasteiger charge is 2.20. The molecule has 1 aliphatic rings. The van der Waals surface area contributed by atoms with Crippen LogP contribution < -0.4 is 11.2 Å². The first-order chi connectivity index (χ1) is 21.2. The zero-order valence-electron chi connectivity index (χ0n) is 24.8. The lowest BCUT2D eigenvalue weighted by atomic mass is 9.96. The van der Waals surface area contributed by atoms with Crippen LogP contribution in [0.25, 0.3) is 33.4 Å². The van der Waals surface area contributed by atoms with Crippen LogP contribution in [0.1, 0.15) is 34.3 Å². The highest BCUT2D eigenvalue weighted by molar-refractivity contribution is 5.98. The summed E-state index contributed by atoms with van der Waals surface area (Å²) in [6, 6.07) is 14.1. The second-order valence-corrected chi connectivity index (χ2v) is 11.5. The molecular formula is C35H34FN5O3. The van der Waals surface area contributed by atoms with E-state index in [9.17, 15) is 9.59 Å². The molecule has 224 valence electrons. The third-order valence-corrected chi connectivity index (χ3v) is 8.20. The Morgan fingerprint density at radius 2 is 1.73 bits per heavy atom. The van der Waals surface area contributed by atoms with E-state index in [2.05, 4.69) is 10.1 Å². The summed E-state index contributed by atoms with van der Waals surface area (Å²) in [5.74, 6) is -0.312. The first-order valence-electron chi connectivity index (χ1n) is 14.7. The van der Waals surface area contributed by atoms with Crippen molar-refractivity contribution >= 4 is 11.6 Å². The Bertz CT molecular complexity index is 1890. The van der Waals surface area contributed by atoms with Crippen LogP contribution in [0.3, 0.4) is 0 Å². The van der Waals surface area contributed by atoms with E-state index in [0.29, 0.717) is 42.4 Å². The third kappa shape index (κ3) is 6.23. The number of aryl methyl sites for hydroxylation is 2. The van der Waals surface area contributed by atoms with E-state index in [4.69, 9.17) is 10.5 Å². The quantitative estimate of drug-likeness (QED) is 0.227. The van der Waals surface area contributed by atoms with Crippen molar-refractivity contribution in [2.75, 3.05) is 18.9 Å². The van der Waals surface area contributed by atoms with Gasteiger partial charge in [-0.15, -0.1) is 0 Å². The fourth-order valence-electron chi connectivity index (χ4n) is 5.69. The number of nitrogen functional groups attached to an aromatic ring is 1. The summed E-state index contributed by atoms with van der Waals surface area (Å²) in [4.78, 5) is 31.6. The van der Waals surface area contributed by atoms with Crippen molar-refractivity contribution in [2.45, 2.75) is 32.7 Å². The van der Waals surface area contributed by atoms with E-state index in [1.807, 2.05) is 55.2 Å². The second-order valence-electron chi connectivity index (χ2n) is 11.5. The van der Waals surface area contributed by atoms with Crippen molar-refractivity contribution in [1.29, 1.82) is 0 Å². The highest BCUT2D eigenvalue weighted by atomic mass is 19.1. The average Bonchev–Trinajstić information content (AvgIpc) is 3.45. The molecule has 8 nitrogen and oxygen atoms in total. The third-order valence-electron chi connectivity index (χ3n) is 8.20. The molecular weight excluding hydrogens is 557 g/mol. The smallest absolute Gasteiger partial charge is 0.200 e. The topological polar surface area (TPSA) is 105 Å². The van der Waals surface area contributed by atoms with Crippen molar-refractivity contribution in [1.82, 2.24) is 19.3 Å². The SMILES string of the molecule is Cc1ccc(-c2cn(CC3CCOCC3)cc(C(=O)Cc3ccc(-c4cc(-c5cnn(C)c5)cnc4N)c(F)c3)c2=O)cc1. The van der Waals surface area contributed by atoms with Gasteiger partial charge in [0.2, 0.25) is 0 Å². The fraction of sp³-hybridized carbons (Fsp3) is 0.257. The highest BCUT2D eigenvalue weighted by Crippen LogP contribution is 2.32. The summed E-state index contributed by atoms with van der Waals surface area (Å²) >= 11 is 0. The van der Waals surface area contributed by atoms with Gasteiger partial charge in [-0.25, -0.2) is 9.37 Å². The van der Waals surface area contributed by atoms with Crippen molar-refractivity contribution in [3.63, 3.8) is 0 Å². The first kappa shape index (κ1) is 29.2. The maximum absolute atomic E-state index is 15.5. The minimum Gasteiger partial charge on any atom is -0.383 e. The minimum absolute atomic E-state index is 0.0947. The number of carbonyl (C=O) groups is 1. The fourth-order valence-corrected chi connectivity index (χ4v) is 5.69. The van der Waals surface area contributed by atoms with Crippen LogP contribution in [-0.4, -0.2) is 38.3 Å². The Kier molecular flexibility index (Phi) is 8.21. The molecule has 1 saturated heterocycles. The number of ether oxygens (including phenoxy) is 1. The summed E-state index contributed by atoms with van der Waals surface area (Å²) in [6.45, 7) is 4.08. The average molecular weight is 592 g/mol. The Morgan fingerprint density at radius 1 is 0.955 bits per heavy atom. The molecule has 9 heteroatoms. The summed E-state index contributed by atoms with van der Waals surface area (Å²) in [6.07, 6.45) is 10.4. The maximum atomic E-state index is 15.5. The second kappa shape index (κ2) is 12.4. The number of halogens is 1. The number of nitrogens with two attached hydrogens (primary N) is 1. The van der Waals surface area contributed by atoms with Crippen molar-refractivity contribution in [3.05, 3.63) is 112 Å². The monoisotopic (exact) mass is 591 g/mol. The molecule has 2 aromatic carbocycles. The summed E-state index contributed by atoms with van der Waals surface area (Å²) in [5, 5.41) is 4.19. The number of ketones is 1. The van der Waals surface area contributed by atoms with Crippen LogP contribution in [0.5, 0.6) is 0 Å². The van der Waals surface area contributed by atoms with Gasteiger partial charge in [0.05, 0.1) is 11.8 Å². The van der Waals surface area contributed by atoms with Gasteiger partial charge in [0.1, 0.15) is 11.6 Å². The molecule has 0 bridgehead atoms. The number of nitrogens with zero attached hydrogens (tertiary/aromatic N) is 4. The summed E-state index contributed by atoms with van der Waals surface area (Å²) in [7, 11) is 1.81. The van der Waals surface area contributed by atoms with E-state index >= 15 is 4.39 Å². The molecule has 0 radical (unpaired) electrons. The van der Waals surface area contributed by atoms with Crippen molar-refractivity contribution in [3.8, 4) is 33.4 Å². The lowest BCUT2D eigenvalue weighted by Crippen LogP contribution is -2.25. The number of anilines is 1. The van der Waals surface area contributed by atoms with Crippen LogP contribution >= 0.6 is 0 Å². The van der Waals surface area contributed by atoms with Crippen molar-refractivity contribution < 1.29 is 13.9 Å². The van der Waals surface area contributed by atoms with Gasteiger partial charge in [0, 0.05) is 85.8 Å². The van der Waals surface area contributed by atoms with E-state index in [1.54, 1.807) is 41.5 Å². The molecule has 0 spiro atoms. The van der Waals surface area contributed by atoms with Gasteiger partial charge in [0.15, 0.2) is 11.2 Å². The molecule has 1 aliphatic heterocycles. The van der Waals surface area contributed by atoms with Crippen LogP contribution in [0.15, 0.2) is 84.3 Å². The maximum Gasteiger partial charge on any atom is 0.200 e. The number of hydrogen-bond acceptors (Lipinski definition) is 6. The van der Waals surface area contributed by atoms with Crippen LogP contribution in [0, 0.1) is 18.7 Å². The number of aromatic nitrogens is 4. The number of pyridine rings is 2. The standard InChI is InChI=1S/C35H34FN5O3/c1-22-3-6-25(7-4-22)30-20-41(18-23-9-11-44-12-10-23)21-31(34(30)43)33(42)14-24-5-8-28(32(36)13-24)29-15-26(16-38-35(29)37)27-17-39-40(2)19-27/h3-8,13,15-17,19-21,23H,9-12,14,18H2,1-2H3,(H2,37,38). The molecule has 0 unspecified atom stereocenters. The Hall–Kier alpha value is -4.89. The van der Waals surface area contributed by atoms with Crippen molar-refractivity contribution in [2.24, 2.45) is 13.0 Å². The molecule has 1 fully saturated rings. The Balaban J connectivity index is 1.30. The van der Waals surface area contributed by atoms with Gasteiger partial charge in [-0.1, -0.05) is 42.0 Å². The zero-order valence-corrected chi connectivity index (χ0v) is 24.8. The lowest BCUT2D eigenvalue weighted by molar-refractivity contribution is 0.0612. The Labute approximate surface area is 255 Å². The molecule has 0 saturated carbocycles. The molecule has 6 rings (SSSR count). The summed E-state index contributed by atoms with van der Waals surface area (Å²) < 4.78 is 24.7. The lowest BCUT2D eigenvalue weighted by Gasteiger charge is -2.23. The van der Waals surface area contributed by atoms with E-state index in [-0.39, 0.29) is 34.6 Å². The zero-order chi connectivity index (χ0) is 30.8. The number of carbonyl (C=O) groups excluding carboxylic acids is 1. The largest absolute Gasteiger partial charge is 0.383 e. The van der Waals surface area contributed by atoms with Crippen LogP contribution in [-0.2, 0) is 24.8 Å². The van der Waals surface area contributed by atoms with Gasteiger partial charge in [-0.2, -0.15) is 5.10 Å². The predicted molar refractivity (Wildman–Crippen MR) is 169 cm³/mol. The molecule has 3 aromatic heterocycles. The first-order valence-corrected chi connectivity index (χ1v) is 14.7. The number of Topliss-reactive ketones (excluding diaryl/α,β-unsaturated/α-hetero) is 1. The Morgan fingerprint density at radius 3 is 2.43 bits per heavy atom.